The molecule has 0 saturated heterocycles. The number of anilines is 2. The van der Waals surface area contributed by atoms with E-state index >= 15 is 0 Å². The van der Waals surface area contributed by atoms with Gasteiger partial charge in [-0.05, 0) is 30.7 Å². The van der Waals surface area contributed by atoms with E-state index in [1.165, 1.54) is 18.3 Å². The second-order valence-corrected chi connectivity index (χ2v) is 11.3. The lowest BCUT2D eigenvalue weighted by Gasteiger charge is -2.21. The average Bonchev–Trinajstić information content (AvgIpc) is 3.09. The van der Waals surface area contributed by atoms with Crippen molar-refractivity contribution in [3.8, 4) is 0 Å². The van der Waals surface area contributed by atoms with Gasteiger partial charge in [0.15, 0.2) is 11.2 Å². The van der Waals surface area contributed by atoms with Gasteiger partial charge in [-0.2, -0.15) is 17.6 Å². The summed E-state index contributed by atoms with van der Waals surface area (Å²) < 4.78 is 0. The normalized spacial score (nSPS) is 13.1. The van der Waals surface area contributed by atoms with Gasteiger partial charge in [-0.1, -0.05) is 0 Å². The number of amides is 4. The van der Waals surface area contributed by atoms with Gasteiger partial charge >= 0.3 is 17.9 Å². The molecule has 1 unspecified atom stereocenters. The molecule has 2 heterocycles. The Bertz CT molecular complexity index is 1890. The molecular formula is C29H35N11O11S. The predicted molar refractivity (Wildman–Crippen MR) is 183 cm³/mol. The maximum absolute atomic E-state index is 12.8. The number of nitrogen functional groups attached to an aromatic ring is 1. The van der Waals surface area contributed by atoms with Crippen LogP contribution in [0.5, 0.6) is 0 Å². The Balaban J connectivity index is 1.47. The van der Waals surface area contributed by atoms with Gasteiger partial charge in [0.1, 0.15) is 24.2 Å². The molecule has 2 aromatic heterocycles. The summed E-state index contributed by atoms with van der Waals surface area (Å²) in [6, 6.07) is -0.170. The van der Waals surface area contributed by atoms with Gasteiger partial charge in [0.25, 0.3) is 11.5 Å². The van der Waals surface area contributed by atoms with Crippen LogP contribution in [0.15, 0.2) is 35.3 Å². The van der Waals surface area contributed by atoms with Crippen molar-refractivity contribution in [3.05, 3.63) is 52.1 Å². The van der Waals surface area contributed by atoms with Crippen molar-refractivity contribution in [1.29, 1.82) is 0 Å². The highest BCUT2D eigenvalue weighted by Gasteiger charge is 2.29. The molecule has 23 heteroatoms. The minimum Gasteiger partial charge on any atom is -0.481 e. The molecule has 52 heavy (non-hydrogen) atoms. The number of nitrogens with two attached hydrogens (primary N) is 2. The Kier molecular flexibility index (Phi) is 14.3. The van der Waals surface area contributed by atoms with Crippen LogP contribution in [0.25, 0.3) is 11.2 Å². The number of aliphatic carboxylic acids is 3. The van der Waals surface area contributed by atoms with E-state index in [4.69, 9.17) is 21.7 Å². The summed E-state index contributed by atoms with van der Waals surface area (Å²) in [4.78, 5) is 111. The lowest BCUT2D eigenvalue weighted by atomic mass is 10.1. The van der Waals surface area contributed by atoms with Crippen LogP contribution in [0.3, 0.4) is 0 Å². The van der Waals surface area contributed by atoms with Gasteiger partial charge in [0.05, 0.1) is 24.9 Å². The molecule has 3 rings (SSSR count). The number of carboxylic acid groups (broad SMARTS) is 3. The summed E-state index contributed by atoms with van der Waals surface area (Å²) in [5.41, 5.74) is 11.9. The third kappa shape index (κ3) is 11.9. The van der Waals surface area contributed by atoms with Crippen molar-refractivity contribution in [2.45, 2.75) is 50.0 Å². The van der Waals surface area contributed by atoms with Gasteiger partial charge in [-0.3, -0.25) is 33.8 Å². The quantitative estimate of drug-likeness (QED) is 0.0537. The van der Waals surface area contributed by atoms with Gasteiger partial charge in [0, 0.05) is 30.0 Å². The summed E-state index contributed by atoms with van der Waals surface area (Å²) in [6.45, 7) is -0.339. The van der Waals surface area contributed by atoms with Gasteiger partial charge in [-0.25, -0.2) is 19.6 Å². The minimum absolute atomic E-state index is 0.00716. The van der Waals surface area contributed by atoms with Crippen LogP contribution in [-0.4, -0.2) is 113 Å². The number of H-pyrrole nitrogens is 1. The zero-order valence-electron chi connectivity index (χ0n) is 27.0. The van der Waals surface area contributed by atoms with E-state index in [-0.39, 0.29) is 41.4 Å². The number of nitrogens with one attached hydrogen (secondary N) is 6. The molecule has 0 aliphatic rings. The number of carbonyl (C=O) groups is 7. The van der Waals surface area contributed by atoms with Crippen LogP contribution in [0.4, 0.5) is 11.6 Å². The molecule has 0 aliphatic heterocycles. The molecule has 0 spiro atoms. The number of hydrogen-bond acceptors (Lipinski definition) is 15. The highest BCUT2D eigenvalue weighted by molar-refractivity contribution is 7.80. The van der Waals surface area contributed by atoms with Crippen molar-refractivity contribution in [2.24, 2.45) is 5.73 Å². The maximum atomic E-state index is 12.8. The molecule has 0 fully saturated rings. The summed E-state index contributed by atoms with van der Waals surface area (Å²) >= 11 is 3.79. The van der Waals surface area contributed by atoms with Crippen molar-refractivity contribution in [3.63, 3.8) is 0 Å². The van der Waals surface area contributed by atoms with E-state index in [0.29, 0.717) is 11.4 Å². The Morgan fingerprint density at radius 1 is 0.885 bits per heavy atom. The van der Waals surface area contributed by atoms with E-state index in [0.717, 1.165) is 0 Å². The SMILES string of the molecule is Nc1nc2ncc(CNc3ccc(C(=O)N[C@H](CCC(=O)NC[C@H](N)C(=O)N[C@@H](CC(=O)O)C(=O)NC(CS)C(=O)O)C(=O)O)cc3)nc2c(=O)[nH]1. The molecule has 1 aromatic carbocycles. The molecule has 4 amide bonds. The van der Waals surface area contributed by atoms with E-state index in [1.807, 2.05) is 5.32 Å². The fourth-order valence-electron chi connectivity index (χ4n) is 4.29. The fourth-order valence-corrected chi connectivity index (χ4v) is 4.54. The number of aromatic nitrogens is 4. The van der Waals surface area contributed by atoms with E-state index in [1.54, 1.807) is 12.1 Å². The van der Waals surface area contributed by atoms with Crippen molar-refractivity contribution < 1.29 is 48.9 Å². The molecule has 0 aliphatic carbocycles. The monoisotopic (exact) mass is 745 g/mol. The second kappa shape index (κ2) is 18.6. The predicted octanol–water partition coefficient (Wildman–Crippen LogP) is -3.23. The molecule has 0 bridgehead atoms. The minimum atomic E-state index is -1.70. The molecule has 3 aromatic rings. The highest BCUT2D eigenvalue weighted by Crippen LogP contribution is 2.12. The number of fused-ring (bicyclic) bond motifs is 1. The summed E-state index contributed by atoms with van der Waals surface area (Å²) in [5, 5.41) is 39.6. The molecular weight excluding hydrogens is 710 g/mol. The van der Waals surface area contributed by atoms with Crippen LogP contribution < -0.4 is 43.6 Å². The van der Waals surface area contributed by atoms with Crippen molar-refractivity contribution in [1.82, 2.24) is 41.2 Å². The summed E-state index contributed by atoms with van der Waals surface area (Å²) in [6.07, 6.45) is -0.246. The number of aromatic amines is 1. The third-order valence-electron chi connectivity index (χ3n) is 7.04. The smallest absolute Gasteiger partial charge is 0.327 e. The average molecular weight is 746 g/mol. The largest absolute Gasteiger partial charge is 0.481 e. The van der Waals surface area contributed by atoms with Gasteiger partial charge in [-0.15, -0.1) is 0 Å². The molecule has 13 N–H and O–H groups in total. The molecule has 278 valence electrons. The Morgan fingerprint density at radius 2 is 1.54 bits per heavy atom. The van der Waals surface area contributed by atoms with Crippen molar-refractivity contribution >= 4 is 77.0 Å². The first-order valence-corrected chi connectivity index (χ1v) is 15.8. The molecule has 0 radical (unpaired) electrons. The van der Waals surface area contributed by atoms with Crippen molar-refractivity contribution in [2.75, 3.05) is 23.3 Å². The number of thiol groups is 1. The van der Waals surface area contributed by atoms with Crippen LogP contribution in [-0.2, 0) is 35.3 Å². The number of rotatable bonds is 19. The van der Waals surface area contributed by atoms with E-state index in [9.17, 15) is 43.5 Å². The lowest BCUT2D eigenvalue weighted by molar-refractivity contribution is -0.143. The Labute approximate surface area is 298 Å². The summed E-state index contributed by atoms with van der Waals surface area (Å²) in [5.74, 6) is -8.38. The second-order valence-electron chi connectivity index (χ2n) is 11.0. The number of carbonyl (C=O) groups excluding carboxylic acids is 4. The molecule has 0 saturated carbocycles. The fraction of sp³-hybridized carbons (Fsp3) is 0.345. The standard InChI is InChI=1S/C29H35N11O11S/c30-15(24(45)37-17(7-20(42)43)25(46)38-18(11-52)28(50)51)10-33-19(41)6-5-16(27(48)49)36-23(44)12-1-3-13(4-2-12)32-8-14-9-34-22-21(35-14)26(47)40-29(31)39-22/h1-4,9,15-18,32,52H,5-8,10-11,30H2,(H,33,41)(H,36,44)(H,37,45)(H,38,46)(H,42,43)(H,48,49)(H,50,51)(H3,31,34,39,40,47)/t15-,16+,17-,18?/m0/s1. The first-order chi connectivity index (χ1) is 24.6. The Hall–Kier alpha value is -6.36. The van der Waals surface area contributed by atoms with Crippen LogP contribution >= 0.6 is 12.6 Å². The van der Waals surface area contributed by atoms with Gasteiger partial charge in [0.2, 0.25) is 23.7 Å². The zero-order valence-corrected chi connectivity index (χ0v) is 27.9. The van der Waals surface area contributed by atoms with E-state index in [2.05, 4.69) is 53.8 Å². The first kappa shape index (κ1) is 40.1. The van der Waals surface area contributed by atoms with Crippen LogP contribution in [0, 0.1) is 0 Å². The summed E-state index contributed by atoms with van der Waals surface area (Å²) in [7, 11) is 0. The van der Waals surface area contributed by atoms with Gasteiger partial charge < -0.3 is 53.4 Å². The number of benzene rings is 1. The molecule has 22 nitrogen and oxygen atoms in total. The number of nitrogens with zero attached hydrogens (tertiary/aromatic N) is 3. The highest BCUT2D eigenvalue weighted by atomic mass is 32.1. The molecule has 4 atom stereocenters. The number of hydrogen-bond donors (Lipinski definition) is 12. The number of carboxylic acids is 3. The van der Waals surface area contributed by atoms with Crippen LogP contribution in [0.2, 0.25) is 0 Å². The van der Waals surface area contributed by atoms with E-state index < -0.39 is 90.6 Å². The Morgan fingerprint density at radius 3 is 2.15 bits per heavy atom. The third-order valence-corrected chi connectivity index (χ3v) is 7.40. The first-order valence-electron chi connectivity index (χ1n) is 15.1. The zero-order chi connectivity index (χ0) is 38.5. The lowest BCUT2D eigenvalue weighted by Crippen LogP contribution is -2.57. The maximum Gasteiger partial charge on any atom is 0.327 e. The topological polar surface area (TPSA) is 364 Å². The van der Waals surface area contributed by atoms with Crippen LogP contribution in [0.1, 0.15) is 35.3 Å².